The molecule has 0 saturated heterocycles. The predicted molar refractivity (Wildman–Crippen MR) is 83.9 cm³/mol. The second-order valence-corrected chi connectivity index (χ2v) is 5.34. The molecule has 0 aliphatic carbocycles. The average Bonchev–Trinajstić information content (AvgIpc) is 3.03. The Morgan fingerprint density at radius 2 is 2.21 bits per heavy atom. The van der Waals surface area contributed by atoms with E-state index in [4.69, 9.17) is 11.6 Å². The molecule has 24 heavy (non-hydrogen) atoms. The van der Waals surface area contributed by atoms with Crippen LogP contribution in [0.15, 0.2) is 24.4 Å². The summed E-state index contributed by atoms with van der Waals surface area (Å²) in [7, 11) is 1.32. The number of methoxy groups -OCH3 is 1. The van der Waals surface area contributed by atoms with Crippen LogP contribution < -0.4 is 5.32 Å². The first-order valence-corrected chi connectivity index (χ1v) is 7.57. The van der Waals surface area contributed by atoms with Gasteiger partial charge in [-0.3, -0.25) is 14.3 Å². The molecule has 7 nitrogen and oxygen atoms in total. The zero-order chi connectivity index (χ0) is 17.5. The number of rotatable bonds is 7. The van der Waals surface area contributed by atoms with Crippen molar-refractivity contribution < 1.29 is 18.7 Å². The Bertz CT molecular complexity index is 715. The molecule has 0 radical (unpaired) electrons. The molecular formula is C15H16ClFN4O3. The Balaban J connectivity index is 1.88. The average molecular weight is 355 g/mol. The summed E-state index contributed by atoms with van der Waals surface area (Å²) in [6, 6.07) is 4.30. The minimum Gasteiger partial charge on any atom is -0.469 e. The number of halogens is 2. The van der Waals surface area contributed by atoms with Gasteiger partial charge >= 0.3 is 5.97 Å². The predicted octanol–water partition coefficient (Wildman–Crippen LogP) is 1.95. The Morgan fingerprint density at radius 1 is 1.42 bits per heavy atom. The number of carbonyl (C=O) groups is 2. The maximum absolute atomic E-state index is 13.6. The maximum atomic E-state index is 13.6. The summed E-state index contributed by atoms with van der Waals surface area (Å²) >= 11 is 5.90. The van der Waals surface area contributed by atoms with Gasteiger partial charge in [-0.2, -0.15) is 0 Å². The van der Waals surface area contributed by atoms with E-state index in [1.807, 2.05) is 0 Å². The SMILES string of the molecule is COC(=O)CCCn1cc(C(=O)NCc2c(F)cccc2Cl)nn1. The zero-order valence-corrected chi connectivity index (χ0v) is 13.7. The molecule has 1 N–H and O–H groups in total. The Kier molecular flexibility index (Phi) is 6.25. The highest BCUT2D eigenvalue weighted by Crippen LogP contribution is 2.18. The number of aromatic nitrogens is 3. The quantitative estimate of drug-likeness (QED) is 0.768. The maximum Gasteiger partial charge on any atom is 0.305 e. The zero-order valence-electron chi connectivity index (χ0n) is 13.0. The third-order valence-corrected chi connectivity index (χ3v) is 3.61. The van der Waals surface area contributed by atoms with Gasteiger partial charge in [0.25, 0.3) is 5.91 Å². The van der Waals surface area contributed by atoms with Gasteiger partial charge in [-0.05, 0) is 18.6 Å². The molecule has 9 heteroatoms. The molecule has 1 aromatic carbocycles. The highest BCUT2D eigenvalue weighted by molar-refractivity contribution is 6.31. The first-order valence-electron chi connectivity index (χ1n) is 7.19. The van der Waals surface area contributed by atoms with Crippen LogP contribution in [0.25, 0.3) is 0 Å². The Morgan fingerprint density at radius 3 is 2.92 bits per heavy atom. The molecule has 2 rings (SSSR count). The number of hydrogen-bond donors (Lipinski definition) is 1. The summed E-state index contributed by atoms with van der Waals surface area (Å²) in [6.45, 7) is 0.369. The van der Waals surface area contributed by atoms with Crippen LogP contribution in [0.5, 0.6) is 0 Å². The summed E-state index contributed by atoms with van der Waals surface area (Å²) < 4.78 is 19.6. The van der Waals surface area contributed by atoms with E-state index < -0.39 is 11.7 Å². The smallest absolute Gasteiger partial charge is 0.305 e. The summed E-state index contributed by atoms with van der Waals surface area (Å²) in [4.78, 5) is 23.0. The molecule has 0 aliphatic rings. The minimum atomic E-state index is -0.492. The number of esters is 1. The van der Waals surface area contributed by atoms with Crippen molar-refractivity contribution in [1.82, 2.24) is 20.3 Å². The lowest BCUT2D eigenvalue weighted by Gasteiger charge is -2.06. The normalized spacial score (nSPS) is 10.5. The van der Waals surface area contributed by atoms with Crippen LogP contribution in [0.3, 0.4) is 0 Å². The van der Waals surface area contributed by atoms with Crippen molar-refractivity contribution in [3.63, 3.8) is 0 Å². The number of benzene rings is 1. The summed E-state index contributed by atoms with van der Waals surface area (Å²) in [5.74, 6) is -1.29. The monoisotopic (exact) mass is 354 g/mol. The number of aryl methyl sites for hydroxylation is 1. The Hall–Kier alpha value is -2.48. The van der Waals surface area contributed by atoms with E-state index in [0.717, 1.165) is 0 Å². The van der Waals surface area contributed by atoms with Crippen LogP contribution >= 0.6 is 11.6 Å². The van der Waals surface area contributed by atoms with E-state index in [2.05, 4.69) is 20.4 Å². The van der Waals surface area contributed by atoms with Gasteiger partial charge in [-0.1, -0.05) is 22.9 Å². The number of ether oxygens (including phenoxy) is 1. The fourth-order valence-corrected chi connectivity index (χ4v) is 2.19. The molecule has 0 unspecified atom stereocenters. The van der Waals surface area contributed by atoms with Crippen molar-refractivity contribution in [2.24, 2.45) is 0 Å². The highest BCUT2D eigenvalue weighted by atomic mass is 35.5. The van der Waals surface area contributed by atoms with Gasteiger partial charge < -0.3 is 10.1 Å². The lowest BCUT2D eigenvalue weighted by molar-refractivity contribution is -0.140. The molecule has 128 valence electrons. The van der Waals surface area contributed by atoms with Crippen molar-refractivity contribution in [3.05, 3.63) is 46.5 Å². The first kappa shape index (κ1) is 17.9. The topological polar surface area (TPSA) is 86.1 Å². The minimum absolute atomic E-state index is 0.0560. The van der Waals surface area contributed by atoms with Crippen molar-refractivity contribution in [1.29, 1.82) is 0 Å². The number of nitrogens with zero attached hydrogens (tertiary/aromatic N) is 3. The Labute approximate surface area is 142 Å². The first-order chi connectivity index (χ1) is 11.5. The number of hydrogen-bond acceptors (Lipinski definition) is 5. The van der Waals surface area contributed by atoms with Gasteiger partial charge in [0.1, 0.15) is 5.82 Å². The van der Waals surface area contributed by atoms with Crippen molar-refractivity contribution >= 4 is 23.5 Å². The van der Waals surface area contributed by atoms with Crippen LogP contribution in [0.4, 0.5) is 4.39 Å². The second-order valence-electron chi connectivity index (χ2n) is 4.93. The van der Waals surface area contributed by atoms with Gasteiger partial charge in [-0.15, -0.1) is 5.10 Å². The van der Waals surface area contributed by atoms with E-state index in [-0.39, 0.29) is 35.2 Å². The number of nitrogens with one attached hydrogen (secondary N) is 1. The standard InChI is InChI=1S/C15H16ClFN4O3/c1-24-14(22)6-3-7-21-9-13(19-20-21)15(23)18-8-10-11(16)4-2-5-12(10)17/h2,4-5,9H,3,6-8H2,1H3,(H,18,23). The fourth-order valence-electron chi connectivity index (χ4n) is 1.96. The van der Waals surface area contributed by atoms with Gasteiger partial charge in [0.15, 0.2) is 5.69 Å². The molecule has 0 bridgehead atoms. The van der Waals surface area contributed by atoms with Gasteiger partial charge in [0, 0.05) is 30.1 Å². The van der Waals surface area contributed by atoms with Gasteiger partial charge in [0.05, 0.1) is 13.3 Å². The summed E-state index contributed by atoms with van der Waals surface area (Å²) in [6.07, 6.45) is 2.22. The van der Waals surface area contributed by atoms with Crippen LogP contribution in [0.1, 0.15) is 28.9 Å². The van der Waals surface area contributed by atoms with Crippen LogP contribution in [-0.4, -0.2) is 34.0 Å². The van der Waals surface area contributed by atoms with E-state index in [1.54, 1.807) is 6.07 Å². The molecule has 0 atom stereocenters. The van der Waals surface area contributed by atoms with E-state index in [9.17, 15) is 14.0 Å². The van der Waals surface area contributed by atoms with E-state index in [1.165, 1.54) is 30.1 Å². The molecule has 1 amide bonds. The van der Waals surface area contributed by atoms with Crippen LogP contribution in [0.2, 0.25) is 5.02 Å². The van der Waals surface area contributed by atoms with E-state index >= 15 is 0 Å². The van der Waals surface area contributed by atoms with Crippen LogP contribution in [-0.2, 0) is 22.6 Å². The molecule has 0 saturated carbocycles. The lowest BCUT2D eigenvalue weighted by atomic mass is 10.2. The van der Waals surface area contributed by atoms with Crippen LogP contribution in [0, 0.1) is 5.82 Å². The van der Waals surface area contributed by atoms with Crippen molar-refractivity contribution in [3.8, 4) is 0 Å². The summed E-state index contributed by atoms with van der Waals surface area (Å²) in [5.41, 5.74) is 0.304. The number of carbonyl (C=O) groups excluding carboxylic acids is 2. The van der Waals surface area contributed by atoms with Crippen molar-refractivity contribution in [2.75, 3.05) is 7.11 Å². The molecule has 0 spiro atoms. The molecule has 0 fully saturated rings. The van der Waals surface area contributed by atoms with Gasteiger partial charge in [0.2, 0.25) is 0 Å². The molecule has 1 aromatic heterocycles. The van der Waals surface area contributed by atoms with Crippen molar-refractivity contribution in [2.45, 2.75) is 25.9 Å². The third-order valence-electron chi connectivity index (χ3n) is 3.25. The number of amides is 1. The molecule has 0 aliphatic heterocycles. The van der Waals surface area contributed by atoms with Gasteiger partial charge in [-0.25, -0.2) is 4.39 Å². The van der Waals surface area contributed by atoms with E-state index in [0.29, 0.717) is 13.0 Å². The second kappa shape index (κ2) is 8.39. The molecule has 2 aromatic rings. The highest BCUT2D eigenvalue weighted by Gasteiger charge is 2.13. The largest absolute Gasteiger partial charge is 0.469 e. The lowest BCUT2D eigenvalue weighted by Crippen LogP contribution is -2.24. The molecular weight excluding hydrogens is 339 g/mol. The molecule has 1 heterocycles. The summed E-state index contributed by atoms with van der Waals surface area (Å²) in [5, 5.41) is 10.3. The fraction of sp³-hybridized carbons (Fsp3) is 0.333. The third kappa shape index (κ3) is 4.76.